The van der Waals surface area contributed by atoms with Crippen LogP contribution in [0.4, 0.5) is 0 Å². The van der Waals surface area contributed by atoms with Crippen LogP contribution in [0.25, 0.3) is 0 Å². The molecule has 0 aliphatic carbocycles. The zero-order chi connectivity index (χ0) is 13.8. The van der Waals surface area contributed by atoms with Gasteiger partial charge in [-0.25, -0.2) is 0 Å². The molecule has 0 saturated carbocycles. The van der Waals surface area contributed by atoms with Gasteiger partial charge in [-0.05, 0) is 31.5 Å². The van der Waals surface area contributed by atoms with E-state index in [9.17, 15) is 0 Å². The Hall–Kier alpha value is -0.990. The number of ether oxygens (including phenoxy) is 1. The van der Waals surface area contributed by atoms with Crippen molar-refractivity contribution in [2.45, 2.75) is 18.7 Å². The van der Waals surface area contributed by atoms with Gasteiger partial charge in [0, 0.05) is 10.6 Å². The highest BCUT2D eigenvalue weighted by molar-refractivity contribution is 9.09. The van der Waals surface area contributed by atoms with Gasteiger partial charge in [0.25, 0.3) is 0 Å². The molecule has 0 aliphatic heterocycles. The lowest BCUT2D eigenvalue weighted by atomic mass is 10.0. The lowest BCUT2D eigenvalue weighted by Gasteiger charge is -2.17. The zero-order valence-electron chi connectivity index (χ0n) is 11.0. The van der Waals surface area contributed by atoms with E-state index in [4.69, 9.17) is 16.3 Å². The molecule has 0 aromatic heterocycles. The van der Waals surface area contributed by atoms with Gasteiger partial charge in [0.15, 0.2) is 0 Å². The fourth-order valence-electron chi connectivity index (χ4n) is 2.00. The molecule has 0 N–H and O–H groups in total. The van der Waals surface area contributed by atoms with Crippen LogP contribution in [-0.2, 0) is 0 Å². The average Bonchev–Trinajstić information content (AvgIpc) is 2.41. The molecular formula is C16H16BrClO. The van der Waals surface area contributed by atoms with E-state index in [1.54, 1.807) is 0 Å². The van der Waals surface area contributed by atoms with Crippen molar-refractivity contribution in [3.05, 3.63) is 64.2 Å². The number of hydrogen-bond donors (Lipinski definition) is 0. The molecule has 1 unspecified atom stereocenters. The van der Waals surface area contributed by atoms with Gasteiger partial charge in [0.1, 0.15) is 5.75 Å². The summed E-state index contributed by atoms with van der Waals surface area (Å²) in [6.07, 6.45) is 0. The lowest BCUT2D eigenvalue weighted by Crippen LogP contribution is -2.01. The summed E-state index contributed by atoms with van der Waals surface area (Å²) >= 11 is 10.0. The highest BCUT2D eigenvalue weighted by atomic mass is 79.9. The summed E-state index contributed by atoms with van der Waals surface area (Å²) in [5.74, 6) is 0.898. The van der Waals surface area contributed by atoms with Crippen LogP contribution in [-0.4, -0.2) is 6.61 Å². The van der Waals surface area contributed by atoms with E-state index in [0.29, 0.717) is 6.61 Å². The van der Waals surface area contributed by atoms with Crippen molar-refractivity contribution in [1.82, 2.24) is 0 Å². The number of rotatable bonds is 4. The molecule has 2 aromatic rings. The van der Waals surface area contributed by atoms with Gasteiger partial charge in [-0.1, -0.05) is 63.4 Å². The van der Waals surface area contributed by atoms with Gasteiger partial charge >= 0.3 is 0 Å². The third-order valence-corrected chi connectivity index (χ3v) is 4.25. The van der Waals surface area contributed by atoms with Gasteiger partial charge in [-0.3, -0.25) is 0 Å². The predicted octanol–water partition coefficient (Wildman–Crippen LogP) is 5.53. The van der Waals surface area contributed by atoms with Crippen molar-refractivity contribution in [3.8, 4) is 5.75 Å². The smallest absolute Gasteiger partial charge is 0.123 e. The summed E-state index contributed by atoms with van der Waals surface area (Å²) in [6, 6.07) is 14.1. The molecule has 0 heterocycles. The second-order valence-electron chi connectivity index (χ2n) is 4.36. The van der Waals surface area contributed by atoms with Crippen LogP contribution in [0.5, 0.6) is 5.75 Å². The molecule has 0 spiro atoms. The number of benzene rings is 2. The topological polar surface area (TPSA) is 9.23 Å². The van der Waals surface area contributed by atoms with Crippen molar-refractivity contribution in [2.75, 3.05) is 6.61 Å². The van der Waals surface area contributed by atoms with Crippen LogP contribution < -0.4 is 4.74 Å². The molecule has 0 saturated heterocycles. The van der Waals surface area contributed by atoms with E-state index < -0.39 is 0 Å². The maximum atomic E-state index is 6.27. The minimum atomic E-state index is 0.0302. The number of alkyl halides is 1. The molecule has 100 valence electrons. The Morgan fingerprint density at radius 3 is 2.58 bits per heavy atom. The molecule has 0 amide bonds. The predicted molar refractivity (Wildman–Crippen MR) is 84.6 cm³/mol. The number of halogens is 2. The minimum absolute atomic E-state index is 0.0302. The molecule has 3 heteroatoms. The van der Waals surface area contributed by atoms with Crippen LogP contribution in [0, 0.1) is 6.92 Å². The SMILES string of the molecule is CCOc1ccc(C)cc1C(Br)c1ccccc1Cl. The highest BCUT2D eigenvalue weighted by Gasteiger charge is 2.17. The Kier molecular flexibility index (Phi) is 4.89. The van der Waals surface area contributed by atoms with Crippen LogP contribution in [0.3, 0.4) is 0 Å². The first-order valence-electron chi connectivity index (χ1n) is 6.25. The highest BCUT2D eigenvalue weighted by Crippen LogP contribution is 2.39. The Morgan fingerprint density at radius 2 is 1.89 bits per heavy atom. The maximum absolute atomic E-state index is 6.27. The summed E-state index contributed by atoms with van der Waals surface area (Å²) in [7, 11) is 0. The van der Waals surface area contributed by atoms with E-state index in [2.05, 4.69) is 35.0 Å². The summed E-state index contributed by atoms with van der Waals surface area (Å²) in [6.45, 7) is 4.71. The quantitative estimate of drug-likeness (QED) is 0.665. The van der Waals surface area contributed by atoms with E-state index in [0.717, 1.165) is 21.9 Å². The van der Waals surface area contributed by atoms with Crippen molar-refractivity contribution < 1.29 is 4.74 Å². The summed E-state index contributed by atoms with van der Waals surface area (Å²) < 4.78 is 5.70. The standard InChI is InChI=1S/C16H16BrClO/c1-3-19-15-9-8-11(2)10-13(15)16(17)12-6-4-5-7-14(12)18/h4-10,16H,3H2,1-2H3. The minimum Gasteiger partial charge on any atom is -0.494 e. The third kappa shape index (κ3) is 3.31. The number of aryl methyl sites for hydroxylation is 1. The number of hydrogen-bond acceptors (Lipinski definition) is 1. The van der Waals surface area contributed by atoms with Crippen molar-refractivity contribution in [1.29, 1.82) is 0 Å². The Bertz CT molecular complexity index is 568. The molecule has 1 atom stereocenters. The normalized spacial score (nSPS) is 12.2. The first kappa shape index (κ1) is 14.4. The van der Waals surface area contributed by atoms with Crippen molar-refractivity contribution in [3.63, 3.8) is 0 Å². The van der Waals surface area contributed by atoms with Crippen molar-refractivity contribution in [2.24, 2.45) is 0 Å². The van der Waals surface area contributed by atoms with Gasteiger partial charge in [0.05, 0.1) is 11.4 Å². The summed E-state index contributed by atoms with van der Waals surface area (Å²) in [5.41, 5.74) is 3.36. The second kappa shape index (κ2) is 6.44. The van der Waals surface area contributed by atoms with E-state index in [1.807, 2.05) is 37.3 Å². The lowest BCUT2D eigenvalue weighted by molar-refractivity contribution is 0.337. The van der Waals surface area contributed by atoms with Gasteiger partial charge in [-0.15, -0.1) is 0 Å². The molecular weight excluding hydrogens is 324 g/mol. The first-order chi connectivity index (χ1) is 9.13. The monoisotopic (exact) mass is 338 g/mol. The molecule has 0 fully saturated rings. The fourth-order valence-corrected chi connectivity index (χ4v) is 3.13. The largest absolute Gasteiger partial charge is 0.494 e. The van der Waals surface area contributed by atoms with Crippen LogP contribution in [0.2, 0.25) is 5.02 Å². The zero-order valence-corrected chi connectivity index (χ0v) is 13.3. The molecule has 2 rings (SSSR count). The fraction of sp³-hybridized carbons (Fsp3) is 0.250. The van der Waals surface area contributed by atoms with E-state index in [1.165, 1.54) is 5.56 Å². The molecule has 19 heavy (non-hydrogen) atoms. The molecule has 0 bridgehead atoms. The molecule has 0 radical (unpaired) electrons. The molecule has 0 aliphatic rings. The molecule has 2 aromatic carbocycles. The first-order valence-corrected chi connectivity index (χ1v) is 7.54. The van der Waals surface area contributed by atoms with Gasteiger partial charge < -0.3 is 4.74 Å². The van der Waals surface area contributed by atoms with E-state index in [-0.39, 0.29) is 4.83 Å². The average molecular weight is 340 g/mol. The van der Waals surface area contributed by atoms with E-state index >= 15 is 0 Å². The summed E-state index contributed by atoms with van der Waals surface area (Å²) in [5, 5.41) is 0.758. The molecule has 1 nitrogen and oxygen atoms in total. The second-order valence-corrected chi connectivity index (χ2v) is 5.68. The Labute approximate surface area is 127 Å². The maximum Gasteiger partial charge on any atom is 0.123 e. The van der Waals surface area contributed by atoms with Crippen LogP contribution in [0.1, 0.15) is 28.4 Å². The van der Waals surface area contributed by atoms with Crippen LogP contribution >= 0.6 is 27.5 Å². The van der Waals surface area contributed by atoms with Gasteiger partial charge in [0.2, 0.25) is 0 Å². The van der Waals surface area contributed by atoms with Gasteiger partial charge in [-0.2, -0.15) is 0 Å². The van der Waals surface area contributed by atoms with Crippen molar-refractivity contribution >= 4 is 27.5 Å². The third-order valence-electron chi connectivity index (χ3n) is 2.92. The Balaban J connectivity index is 2.45. The Morgan fingerprint density at radius 1 is 1.16 bits per heavy atom. The van der Waals surface area contributed by atoms with Crippen LogP contribution in [0.15, 0.2) is 42.5 Å². The summed E-state index contributed by atoms with van der Waals surface area (Å²) in [4.78, 5) is 0.0302.